The van der Waals surface area contributed by atoms with Crippen LogP contribution in [-0.2, 0) is 0 Å². The normalized spacial score (nSPS) is 10.4. The number of halogens is 4. The van der Waals surface area contributed by atoms with Gasteiger partial charge in [0, 0.05) is 22.3 Å². The molecule has 0 bridgehead atoms. The third-order valence-corrected chi connectivity index (χ3v) is 4.19. The number of pyridine rings is 1. The first-order chi connectivity index (χ1) is 9.40. The Balaban J connectivity index is 2.43. The molecule has 20 heavy (non-hydrogen) atoms. The van der Waals surface area contributed by atoms with Crippen molar-refractivity contribution in [1.82, 2.24) is 4.98 Å². The lowest BCUT2D eigenvalue weighted by Gasteiger charge is -2.11. The monoisotopic (exact) mass is 393 g/mol. The van der Waals surface area contributed by atoms with E-state index in [-0.39, 0.29) is 16.7 Å². The molecule has 0 amide bonds. The van der Waals surface area contributed by atoms with E-state index in [0.717, 1.165) is 0 Å². The van der Waals surface area contributed by atoms with Gasteiger partial charge >= 0.3 is 0 Å². The van der Waals surface area contributed by atoms with E-state index in [1.807, 2.05) is 0 Å². The molecule has 0 spiro atoms. The molecule has 104 valence electrons. The fourth-order valence-electron chi connectivity index (χ4n) is 1.39. The maximum Gasteiger partial charge on any atom is 0.238 e. The first-order valence-electron chi connectivity index (χ1n) is 5.21. The summed E-state index contributed by atoms with van der Waals surface area (Å²) in [6, 6.07) is 4.65. The van der Waals surface area contributed by atoms with Crippen molar-refractivity contribution in [2.24, 2.45) is 5.73 Å². The van der Waals surface area contributed by atoms with E-state index in [1.54, 1.807) is 6.07 Å². The van der Waals surface area contributed by atoms with Crippen molar-refractivity contribution in [2.75, 3.05) is 0 Å². The molecule has 0 unspecified atom stereocenters. The number of ether oxygens (including phenoxy) is 1. The van der Waals surface area contributed by atoms with Crippen LogP contribution in [0.3, 0.4) is 0 Å². The van der Waals surface area contributed by atoms with Crippen molar-refractivity contribution in [3.63, 3.8) is 0 Å². The molecule has 1 heterocycles. The lowest BCUT2D eigenvalue weighted by atomic mass is 10.2. The Morgan fingerprint density at radius 1 is 1.25 bits per heavy atom. The van der Waals surface area contributed by atoms with Crippen LogP contribution < -0.4 is 10.5 Å². The van der Waals surface area contributed by atoms with Crippen LogP contribution in [0.25, 0.3) is 0 Å². The van der Waals surface area contributed by atoms with E-state index in [2.05, 4.69) is 20.9 Å². The second-order valence-corrected chi connectivity index (χ2v) is 5.74. The van der Waals surface area contributed by atoms with Crippen molar-refractivity contribution in [3.05, 3.63) is 49.5 Å². The minimum Gasteiger partial charge on any atom is -0.436 e. The van der Waals surface area contributed by atoms with Gasteiger partial charge in [0.2, 0.25) is 5.88 Å². The quantitative estimate of drug-likeness (QED) is 0.442. The van der Waals surface area contributed by atoms with E-state index >= 15 is 0 Å². The van der Waals surface area contributed by atoms with E-state index in [0.29, 0.717) is 25.8 Å². The number of aromatic nitrogens is 1. The standard InChI is InChI=1S/C12H7BrCl3N3O/c13-6-3-8(15)9(4-7(6)14)20-12-10(16)5(11(17)18)1-2-19-12/h1-4H,(H3,17,18). The van der Waals surface area contributed by atoms with Crippen LogP contribution in [0.1, 0.15) is 5.56 Å². The summed E-state index contributed by atoms with van der Waals surface area (Å²) < 4.78 is 6.18. The predicted octanol–water partition coefficient (Wildman–Crippen LogP) is 4.88. The first-order valence-corrected chi connectivity index (χ1v) is 7.14. The number of rotatable bonds is 3. The summed E-state index contributed by atoms with van der Waals surface area (Å²) in [6.45, 7) is 0. The summed E-state index contributed by atoms with van der Waals surface area (Å²) in [7, 11) is 0. The molecule has 1 aromatic heterocycles. The molecule has 0 fully saturated rings. The maximum atomic E-state index is 7.41. The molecule has 0 aliphatic rings. The molecule has 4 nitrogen and oxygen atoms in total. The SMILES string of the molecule is N=C(N)c1ccnc(Oc2cc(Cl)c(Br)cc2Cl)c1Cl. The number of amidine groups is 1. The topological polar surface area (TPSA) is 72.0 Å². The van der Waals surface area contributed by atoms with E-state index < -0.39 is 0 Å². The second-order valence-electron chi connectivity index (χ2n) is 3.69. The highest BCUT2D eigenvalue weighted by Crippen LogP contribution is 2.38. The van der Waals surface area contributed by atoms with E-state index in [1.165, 1.54) is 18.3 Å². The highest BCUT2D eigenvalue weighted by Gasteiger charge is 2.14. The third-order valence-electron chi connectivity index (χ3n) is 2.33. The Bertz CT molecular complexity index is 694. The first kappa shape index (κ1) is 15.4. The van der Waals surface area contributed by atoms with Crippen molar-refractivity contribution < 1.29 is 4.74 Å². The summed E-state index contributed by atoms with van der Waals surface area (Å²) in [5.74, 6) is 0.219. The molecular weight excluding hydrogens is 388 g/mol. The van der Waals surface area contributed by atoms with Gasteiger partial charge in [-0.15, -0.1) is 0 Å². The highest BCUT2D eigenvalue weighted by atomic mass is 79.9. The number of nitrogens with two attached hydrogens (primary N) is 1. The van der Waals surface area contributed by atoms with Crippen molar-refractivity contribution in [2.45, 2.75) is 0 Å². The minimum absolute atomic E-state index is 0.0969. The van der Waals surface area contributed by atoms with E-state index in [9.17, 15) is 0 Å². The summed E-state index contributed by atoms with van der Waals surface area (Å²) in [5, 5.41) is 8.32. The number of benzene rings is 1. The molecule has 8 heteroatoms. The Morgan fingerprint density at radius 2 is 1.95 bits per heavy atom. The molecule has 2 rings (SSSR count). The summed E-state index contributed by atoms with van der Waals surface area (Å²) in [6.07, 6.45) is 1.44. The fraction of sp³-hybridized carbons (Fsp3) is 0. The molecule has 1 aromatic carbocycles. The zero-order valence-corrected chi connectivity index (χ0v) is 13.6. The number of nitrogen functional groups attached to an aromatic ring is 1. The summed E-state index contributed by atoms with van der Waals surface area (Å²) in [4.78, 5) is 3.99. The van der Waals surface area contributed by atoms with Gasteiger partial charge in [0.1, 0.15) is 16.6 Å². The van der Waals surface area contributed by atoms with E-state index in [4.69, 9.17) is 50.7 Å². The molecule has 0 atom stereocenters. The Hall–Kier alpha value is -1.01. The summed E-state index contributed by atoms with van der Waals surface area (Å²) in [5.41, 5.74) is 5.74. The molecule has 3 N–H and O–H groups in total. The largest absolute Gasteiger partial charge is 0.436 e. The van der Waals surface area contributed by atoms with Crippen molar-refractivity contribution >= 4 is 56.6 Å². The van der Waals surface area contributed by atoms with Gasteiger partial charge < -0.3 is 10.5 Å². The second kappa shape index (κ2) is 6.18. The number of hydrogen-bond donors (Lipinski definition) is 2. The Labute approximate surface area is 138 Å². The highest BCUT2D eigenvalue weighted by molar-refractivity contribution is 9.10. The van der Waals surface area contributed by atoms with Gasteiger partial charge in [0.05, 0.1) is 10.0 Å². The molecule has 2 aromatic rings. The molecule has 0 saturated heterocycles. The predicted molar refractivity (Wildman–Crippen MR) is 84.5 cm³/mol. The molecule has 0 aliphatic carbocycles. The van der Waals surface area contributed by atoms with Crippen LogP contribution in [0, 0.1) is 5.41 Å². The van der Waals surface area contributed by atoms with Crippen LogP contribution in [0.4, 0.5) is 0 Å². The average Bonchev–Trinajstić information content (AvgIpc) is 2.37. The molecule has 0 radical (unpaired) electrons. The smallest absolute Gasteiger partial charge is 0.238 e. The van der Waals surface area contributed by atoms with Crippen LogP contribution in [-0.4, -0.2) is 10.8 Å². The molecule has 0 aliphatic heterocycles. The average molecular weight is 395 g/mol. The van der Waals surface area contributed by atoms with Gasteiger partial charge in [-0.2, -0.15) is 0 Å². The maximum absolute atomic E-state index is 7.41. The van der Waals surface area contributed by atoms with Gasteiger partial charge in [-0.05, 0) is 28.1 Å². The van der Waals surface area contributed by atoms with Crippen LogP contribution in [0.5, 0.6) is 11.6 Å². The Kier molecular flexibility index (Phi) is 4.75. The lowest BCUT2D eigenvalue weighted by molar-refractivity contribution is 0.463. The minimum atomic E-state index is -0.179. The third kappa shape index (κ3) is 3.17. The number of nitrogens with zero attached hydrogens (tertiary/aromatic N) is 1. The van der Waals surface area contributed by atoms with Gasteiger partial charge in [-0.1, -0.05) is 34.8 Å². The van der Waals surface area contributed by atoms with Gasteiger partial charge in [-0.25, -0.2) is 4.98 Å². The van der Waals surface area contributed by atoms with Crippen LogP contribution in [0.15, 0.2) is 28.9 Å². The van der Waals surface area contributed by atoms with Gasteiger partial charge in [0.15, 0.2) is 0 Å². The molecular formula is C12H7BrCl3N3O. The number of nitrogens with one attached hydrogen (secondary N) is 1. The Morgan fingerprint density at radius 3 is 2.60 bits per heavy atom. The van der Waals surface area contributed by atoms with Crippen LogP contribution in [0.2, 0.25) is 15.1 Å². The summed E-state index contributed by atoms with van der Waals surface area (Å²) >= 11 is 21.4. The van der Waals surface area contributed by atoms with Crippen molar-refractivity contribution in [1.29, 1.82) is 5.41 Å². The zero-order valence-electron chi connectivity index (χ0n) is 9.75. The van der Waals surface area contributed by atoms with Crippen molar-refractivity contribution in [3.8, 4) is 11.6 Å². The van der Waals surface area contributed by atoms with Gasteiger partial charge in [-0.3, -0.25) is 5.41 Å². The fourth-order valence-corrected chi connectivity index (χ4v) is 2.47. The lowest BCUT2D eigenvalue weighted by Crippen LogP contribution is -2.12. The zero-order chi connectivity index (χ0) is 14.9. The molecule has 0 saturated carbocycles. The number of hydrogen-bond acceptors (Lipinski definition) is 3. The van der Waals surface area contributed by atoms with Crippen LogP contribution >= 0.6 is 50.7 Å². The van der Waals surface area contributed by atoms with Gasteiger partial charge in [0.25, 0.3) is 0 Å².